The van der Waals surface area contributed by atoms with E-state index in [4.69, 9.17) is 0 Å². The molecule has 182 valence electrons. The van der Waals surface area contributed by atoms with E-state index in [1.165, 1.54) is 13.0 Å². The number of anilines is 1. The zero-order valence-corrected chi connectivity index (χ0v) is 19.6. The average molecular weight is 479 g/mol. The van der Waals surface area contributed by atoms with Gasteiger partial charge in [-0.15, -0.1) is 0 Å². The molecule has 0 aromatic heterocycles. The maximum absolute atomic E-state index is 14.5. The number of Topliss-reactive ketones (excluding diaryl/α,β-unsaturated/α-hetero) is 1. The van der Waals surface area contributed by atoms with Crippen LogP contribution in [0, 0.1) is 5.82 Å². The van der Waals surface area contributed by atoms with E-state index < -0.39 is 17.4 Å². The van der Waals surface area contributed by atoms with Crippen LogP contribution in [0.1, 0.15) is 41.3 Å². The monoisotopic (exact) mass is 478 g/mol. The molecule has 9 heteroatoms. The van der Waals surface area contributed by atoms with Crippen molar-refractivity contribution >= 4 is 29.3 Å². The number of hydrogen-bond acceptors (Lipinski definition) is 5. The highest BCUT2D eigenvalue weighted by atomic mass is 19.1. The Labute approximate surface area is 202 Å². The van der Waals surface area contributed by atoms with Crippen molar-refractivity contribution in [3.8, 4) is 0 Å². The van der Waals surface area contributed by atoms with Gasteiger partial charge in [-0.2, -0.15) is 0 Å². The number of aryl methyl sites for hydroxylation is 1. The number of carbonyl (C=O) groups is 4. The lowest BCUT2D eigenvalue weighted by Gasteiger charge is -2.37. The van der Waals surface area contributed by atoms with Crippen molar-refractivity contribution in [2.75, 3.05) is 37.6 Å². The van der Waals surface area contributed by atoms with Gasteiger partial charge in [0, 0.05) is 31.7 Å². The Bertz CT molecular complexity index is 1220. The third-order valence-electron chi connectivity index (χ3n) is 7.27. The number of hydrogen-bond donors (Lipinski definition) is 1. The zero-order chi connectivity index (χ0) is 24.7. The number of urea groups is 1. The molecule has 1 aliphatic carbocycles. The quantitative estimate of drug-likeness (QED) is 0.539. The lowest BCUT2D eigenvalue weighted by molar-refractivity contribution is -0.139. The summed E-state index contributed by atoms with van der Waals surface area (Å²) in [5, 5.41) is 2.87. The van der Waals surface area contributed by atoms with Crippen molar-refractivity contribution in [2.45, 2.75) is 31.7 Å². The number of piperazine rings is 1. The number of fused-ring (bicyclic) bond motifs is 2. The first-order valence-electron chi connectivity index (χ1n) is 11.9. The number of rotatable bonds is 4. The van der Waals surface area contributed by atoms with Gasteiger partial charge < -0.3 is 15.1 Å². The van der Waals surface area contributed by atoms with E-state index in [0.29, 0.717) is 43.9 Å². The first kappa shape index (κ1) is 23.0. The Hall–Kier alpha value is -3.75. The fourth-order valence-corrected chi connectivity index (χ4v) is 5.37. The average Bonchev–Trinajstić information content (AvgIpc) is 3.09. The molecule has 0 bridgehead atoms. The number of carbonyl (C=O) groups excluding carboxylic acids is 4. The predicted octanol–water partition coefficient (Wildman–Crippen LogP) is 2.46. The molecule has 8 nitrogen and oxygen atoms in total. The van der Waals surface area contributed by atoms with Gasteiger partial charge in [-0.1, -0.05) is 24.3 Å². The normalized spacial score (nSPS) is 21.8. The van der Waals surface area contributed by atoms with Crippen LogP contribution in [0.5, 0.6) is 0 Å². The minimum Gasteiger partial charge on any atom is -0.366 e. The van der Waals surface area contributed by atoms with Crippen LogP contribution in [0.25, 0.3) is 0 Å². The molecular weight excluding hydrogens is 451 g/mol. The van der Waals surface area contributed by atoms with E-state index in [0.717, 1.165) is 28.9 Å². The number of ketones is 1. The highest BCUT2D eigenvalue weighted by Gasteiger charge is 2.54. The zero-order valence-electron chi connectivity index (χ0n) is 19.6. The lowest BCUT2D eigenvalue weighted by atomic mass is 9.76. The molecule has 2 heterocycles. The molecule has 2 aromatic carbocycles. The van der Waals surface area contributed by atoms with E-state index in [2.05, 4.69) is 5.32 Å². The summed E-state index contributed by atoms with van der Waals surface area (Å²) in [5.41, 5.74) is 1.45. The van der Waals surface area contributed by atoms with Crippen molar-refractivity contribution in [1.82, 2.24) is 15.1 Å². The van der Waals surface area contributed by atoms with Gasteiger partial charge in [-0.05, 0) is 55.5 Å². The summed E-state index contributed by atoms with van der Waals surface area (Å²) in [6.45, 7) is 2.54. The predicted molar refractivity (Wildman–Crippen MR) is 127 cm³/mol. The van der Waals surface area contributed by atoms with Crippen LogP contribution >= 0.6 is 0 Å². The second-order valence-electron chi connectivity index (χ2n) is 9.33. The van der Waals surface area contributed by atoms with Crippen LogP contribution in [0.3, 0.4) is 0 Å². The Balaban J connectivity index is 1.24. The molecule has 4 amide bonds. The molecule has 2 aromatic rings. The molecule has 1 spiro atoms. The molecule has 35 heavy (non-hydrogen) atoms. The maximum atomic E-state index is 14.5. The summed E-state index contributed by atoms with van der Waals surface area (Å²) in [6.07, 6.45) is 2.13. The molecule has 2 aliphatic heterocycles. The first-order chi connectivity index (χ1) is 16.8. The van der Waals surface area contributed by atoms with Crippen LogP contribution in [-0.4, -0.2) is 66.2 Å². The fourth-order valence-electron chi connectivity index (χ4n) is 5.37. The third kappa shape index (κ3) is 3.94. The number of nitrogens with one attached hydrogen (secondary N) is 1. The number of amides is 4. The van der Waals surface area contributed by atoms with Gasteiger partial charge in [0.25, 0.3) is 5.91 Å². The number of halogens is 1. The standard InChI is InChI=1S/C26H27FN4O4/c1-17(32)19-8-9-22(21(27)15-19)29-11-13-30(14-12-29)23(33)16-31-24(34)26(28-25(31)35)10-4-6-18-5-2-3-7-20(18)26/h2-3,5,7-9,15H,4,6,10-14,16H2,1H3,(H,28,35). The van der Waals surface area contributed by atoms with Crippen molar-refractivity contribution in [3.63, 3.8) is 0 Å². The van der Waals surface area contributed by atoms with E-state index in [-0.39, 0.29) is 24.1 Å². The highest BCUT2D eigenvalue weighted by molar-refractivity contribution is 6.09. The number of benzene rings is 2. The van der Waals surface area contributed by atoms with Gasteiger partial charge in [0.2, 0.25) is 5.91 Å². The van der Waals surface area contributed by atoms with E-state index in [1.807, 2.05) is 29.2 Å². The van der Waals surface area contributed by atoms with E-state index >= 15 is 0 Å². The Kier molecular flexibility index (Phi) is 5.78. The highest BCUT2D eigenvalue weighted by Crippen LogP contribution is 2.39. The molecule has 1 atom stereocenters. The summed E-state index contributed by atoms with van der Waals surface area (Å²) >= 11 is 0. The molecule has 2 fully saturated rings. The Morgan fingerprint density at radius 3 is 2.51 bits per heavy atom. The van der Waals surface area contributed by atoms with Crippen LogP contribution < -0.4 is 10.2 Å². The fraction of sp³-hybridized carbons (Fsp3) is 0.385. The third-order valence-corrected chi connectivity index (χ3v) is 7.27. The van der Waals surface area contributed by atoms with Gasteiger partial charge in [-0.25, -0.2) is 9.18 Å². The minimum atomic E-state index is -1.10. The summed E-state index contributed by atoms with van der Waals surface area (Å²) < 4.78 is 14.5. The van der Waals surface area contributed by atoms with Gasteiger partial charge in [0.1, 0.15) is 17.9 Å². The van der Waals surface area contributed by atoms with Crippen LogP contribution in [0.4, 0.5) is 14.9 Å². The lowest BCUT2D eigenvalue weighted by Crippen LogP contribution is -2.52. The molecule has 5 rings (SSSR count). The van der Waals surface area contributed by atoms with Crippen LogP contribution in [0.15, 0.2) is 42.5 Å². The Morgan fingerprint density at radius 1 is 1.06 bits per heavy atom. The number of nitrogens with zero attached hydrogens (tertiary/aromatic N) is 3. The summed E-state index contributed by atoms with van der Waals surface area (Å²) in [4.78, 5) is 55.1. The van der Waals surface area contributed by atoms with Crippen molar-refractivity contribution in [2.24, 2.45) is 0 Å². The second kappa shape index (κ2) is 8.79. The molecule has 0 saturated carbocycles. The minimum absolute atomic E-state index is 0.204. The van der Waals surface area contributed by atoms with Crippen molar-refractivity contribution in [3.05, 3.63) is 65.0 Å². The largest absolute Gasteiger partial charge is 0.366 e. The topological polar surface area (TPSA) is 90.0 Å². The van der Waals surface area contributed by atoms with Crippen molar-refractivity contribution < 1.29 is 23.6 Å². The summed E-state index contributed by atoms with van der Waals surface area (Å²) in [6, 6.07) is 11.5. The van der Waals surface area contributed by atoms with Gasteiger partial charge in [0.05, 0.1) is 5.69 Å². The van der Waals surface area contributed by atoms with Gasteiger partial charge in [0.15, 0.2) is 5.78 Å². The van der Waals surface area contributed by atoms with E-state index in [1.54, 1.807) is 17.0 Å². The maximum Gasteiger partial charge on any atom is 0.325 e. The van der Waals surface area contributed by atoms with Gasteiger partial charge in [-0.3, -0.25) is 19.3 Å². The molecule has 0 radical (unpaired) electrons. The molecule has 1 unspecified atom stereocenters. The Morgan fingerprint density at radius 2 is 1.80 bits per heavy atom. The number of imide groups is 1. The summed E-state index contributed by atoms with van der Waals surface area (Å²) in [7, 11) is 0. The van der Waals surface area contributed by atoms with Crippen molar-refractivity contribution in [1.29, 1.82) is 0 Å². The van der Waals surface area contributed by atoms with Crippen LogP contribution in [-0.2, 0) is 21.5 Å². The molecular formula is C26H27FN4O4. The SMILES string of the molecule is CC(=O)c1ccc(N2CCN(C(=O)CN3C(=O)NC4(CCCc5ccccc54)C3=O)CC2)c(F)c1. The van der Waals surface area contributed by atoms with Gasteiger partial charge >= 0.3 is 6.03 Å². The molecule has 3 aliphatic rings. The summed E-state index contributed by atoms with van der Waals surface area (Å²) in [5.74, 6) is -1.38. The smallest absolute Gasteiger partial charge is 0.325 e. The van der Waals surface area contributed by atoms with Crippen LogP contribution in [0.2, 0.25) is 0 Å². The first-order valence-corrected chi connectivity index (χ1v) is 11.9. The second-order valence-corrected chi connectivity index (χ2v) is 9.33. The van der Waals surface area contributed by atoms with E-state index in [9.17, 15) is 23.6 Å². The molecule has 1 N–H and O–H groups in total. The molecule has 2 saturated heterocycles.